The molecular formula is C17H11Cl2NO4. The first-order valence-electron chi connectivity index (χ1n) is 6.89. The van der Waals surface area contributed by atoms with E-state index < -0.39 is 17.9 Å². The number of primary amides is 1. The highest BCUT2D eigenvalue weighted by Crippen LogP contribution is 2.34. The Balaban J connectivity index is 2.33. The van der Waals surface area contributed by atoms with Crippen LogP contribution in [-0.4, -0.2) is 12.5 Å². The monoisotopic (exact) mass is 363 g/mol. The van der Waals surface area contributed by atoms with Crippen LogP contribution in [0.15, 0.2) is 51.7 Å². The van der Waals surface area contributed by atoms with Gasteiger partial charge < -0.3 is 14.9 Å². The zero-order chi connectivity index (χ0) is 17.3. The molecule has 0 aliphatic heterocycles. The molecule has 2 aromatic carbocycles. The number of amides is 1. The Morgan fingerprint density at radius 1 is 1.17 bits per heavy atom. The van der Waals surface area contributed by atoms with Crippen molar-refractivity contribution in [1.29, 1.82) is 0 Å². The van der Waals surface area contributed by atoms with E-state index in [-0.39, 0.29) is 32.5 Å². The van der Waals surface area contributed by atoms with E-state index in [2.05, 4.69) is 0 Å². The third-order valence-corrected chi connectivity index (χ3v) is 3.76. The number of carbonyl (C=O) groups is 1. The molecular weight excluding hydrogens is 353 g/mol. The number of ether oxygens (including phenoxy) is 1. The molecule has 0 aliphatic carbocycles. The van der Waals surface area contributed by atoms with Gasteiger partial charge in [-0.2, -0.15) is 0 Å². The third kappa shape index (κ3) is 3.09. The van der Waals surface area contributed by atoms with E-state index in [1.807, 2.05) is 6.07 Å². The summed E-state index contributed by atoms with van der Waals surface area (Å²) in [5, 5.41) is 0.646. The van der Waals surface area contributed by atoms with Gasteiger partial charge in [-0.15, -0.1) is 0 Å². The molecule has 122 valence electrons. The molecule has 0 saturated carbocycles. The molecule has 0 radical (unpaired) electrons. The minimum absolute atomic E-state index is 0.120. The maximum Gasteiger partial charge on any atom is 0.255 e. The molecule has 5 nitrogen and oxygen atoms in total. The molecule has 2 N–H and O–H groups in total. The van der Waals surface area contributed by atoms with Gasteiger partial charge in [-0.05, 0) is 12.1 Å². The van der Waals surface area contributed by atoms with Crippen LogP contribution in [0.3, 0.4) is 0 Å². The molecule has 0 fully saturated rings. The summed E-state index contributed by atoms with van der Waals surface area (Å²) in [4.78, 5) is 23.8. The number of halogens is 2. The molecule has 24 heavy (non-hydrogen) atoms. The Morgan fingerprint density at radius 3 is 2.54 bits per heavy atom. The lowest BCUT2D eigenvalue weighted by Gasteiger charge is -2.11. The van der Waals surface area contributed by atoms with Gasteiger partial charge in [0.1, 0.15) is 0 Å². The molecule has 0 aliphatic rings. The average Bonchev–Trinajstić information content (AvgIpc) is 2.55. The molecule has 1 aromatic heterocycles. The summed E-state index contributed by atoms with van der Waals surface area (Å²) in [5.41, 5.74) is 5.41. The van der Waals surface area contributed by atoms with Crippen molar-refractivity contribution in [2.45, 2.75) is 0 Å². The Morgan fingerprint density at radius 2 is 1.88 bits per heavy atom. The van der Waals surface area contributed by atoms with Crippen LogP contribution in [0, 0.1) is 0 Å². The fourth-order valence-corrected chi connectivity index (χ4v) is 2.79. The minimum atomic E-state index is -0.711. The summed E-state index contributed by atoms with van der Waals surface area (Å²) in [5.74, 6) is -0.665. The van der Waals surface area contributed by atoms with Gasteiger partial charge in [0, 0.05) is 10.6 Å². The molecule has 0 saturated heterocycles. The fraction of sp³-hybridized carbons (Fsp3) is 0.0588. The molecule has 0 atom stereocenters. The maximum atomic E-state index is 12.8. The zero-order valence-electron chi connectivity index (χ0n) is 12.2. The molecule has 1 heterocycles. The smallest absolute Gasteiger partial charge is 0.255 e. The molecule has 3 aromatic rings. The Hall–Kier alpha value is -2.50. The third-order valence-electron chi connectivity index (χ3n) is 3.26. The predicted molar refractivity (Wildman–Crippen MR) is 92.6 cm³/mol. The topological polar surface area (TPSA) is 82.5 Å². The summed E-state index contributed by atoms with van der Waals surface area (Å²) >= 11 is 12.1. The van der Waals surface area contributed by atoms with Crippen LogP contribution in [0.1, 0.15) is 0 Å². The molecule has 0 spiro atoms. The number of hydrogen-bond donors (Lipinski definition) is 1. The van der Waals surface area contributed by atoms with Crippen LogP contribution in [0.4, 0.5) is 0 Å². The van der Waals surface area contributed by atoms with Gasteiger partial charge >= 0.3 is 0 Å². The Labute approximate surface area is 146 Å². The van der Waals surface area contributed by atoms with Crippen molar-refractivity contribution < 1.29 is 13.9 Å². The highest BCUT2D eigenvalue weighted by atomic mass is 35.5. The van der Waals surface area contributed by atoms with Gasteiger partial charge in [0.15, 0.2) is 18.0 Å². The van der Waals surface area contributed by atoms with Crippen molar-refractivity contribution in [1.82, 2.24) is 0 Å². The lowest BCUT2D eigenvalue weighted by Crippen LogP contribution is -2.22. The normalized spacial score (nSPS) is 10.8. The fourth-order valence-electron chi connectivity index (χ4n) is 2.26. The van der Waals surface area contributed by atoms with Crippen LogP contribution in [0.5, 0.6) is 5.75 Å². The van der Waals surface area contributed by atoms with E-state index >= 15 is 0 Å². The molecule has 1 amide bonds. The van der Waals surface area contributed by atoms with Crippen LogP contribution >= 0.6 is 23.2 Å². The van der Waals surface area contributed by atoms with Crippen LogP contribution in [0.2, 0.25) is 10.0 Å². The maximum absolute atomic E-state index is 12.8. The number of fused-ring (bicyclic) bond motifs is 1. The van der Waals surface area contributed by atoms with E-state index in [9.17, 15) is 9.59 Å². The lowest BCUT2D eigenvalue weighted by molar-refractivity contribution is -0.119. The number of carbonyl (C=O) groups excluding carboxylic acids is 1. The molecule has 3 rings (SSSR count). The van der Waals surface area contributed by atoms with Crippen LogP contribution < -0.4 is 15.9 Å². The van der Waals surface area contributed by atoms with Crippen molar-refractivity contribution >= 4 is 40.1 Å². The van der Waals surface area contributed by atoms with Crippen molar-refractivity contribution in [3.05, 3.63) is 62.7 Å². The van der Waals surface area contributed by atoms with E-state index in [0.717, 1.165) is 0 Å². The van der Waals surface area contributed by atoms with Gasteiger partial charge in [0.2, 0.25) is 11.2 Å². The number of rotatable bonds is 4. The van der Waals surface area contributed by atoms with Gasteiger partial charge in [-0.3, -0.25) is 9.59 Å². The number of nitrogens with two attached hydrogens (primary N) is 1. The summed E-state index contributed by atoms with van der Waals surface area (Å²) < 4.78 is 11.1. The van der Waals surface area contributed by atoms with Crippen molar-refractivity contribution in [2.75, 3.05) is 6.61 Å². The largest absolute Gasteiger partial charge is 0.476 e. The molecule has 7 heteroatoms. The number of hydrogen-bond acceptors (Lipinski definition) is 4. The molecule has 0 bridgehead atoms. The lowest BCUT2D eigenvalue weighted by atomic mass is 10.1. The second-order valence-electron chi connectivity index (χ2n) is 4.97. The SMILES string of the molecule is NC(=O)COc1c(-c2ccccc2)oc2c(Cl)cc(Cl)cc2c1=O. The first kappa shape index (κ1) is 16.4. The number of benzene rings is 2. The van der Waals surface area contributed by atoms with E-state index in [4.69, 9.17) is 38.1 Å². The second-order valence-corrected chi connectivity index (χ2v) is 5.82. The van der Waals surface area contributed by atoms with E-state index in [1.165, 1.54) is 12.1 Å². The summed E-state index contributed by atoms with van der Waals surface area (Å²) in [6, 6.07) is 11.8. The van der Waals surface area contributed by atoms with Crippen molar-refractivity contribution in [2.24, 2.45) is 5.73 Å². The highest BCUT2D eigenvalue weighted by molar-refractivity contribution is 6.38. The second kappa shape index (κ2) is 6.55. The highest BCUT2D eigenvalue weighted by Gasteiger charge is 2.20. The van der Waals surface area contributed by atoms with Crippen LogP contribution in [0.25, 0.3) is 22.3 Å². The van der Waals surface area contributed by atoms with E-state index in [0.29, 0.717) is 5.56 Å². The van der Waals surface area contributed by atoms with Crippen LogP contribution in [-0.2, 0) is 4.79 Å². The van der Waals surface area contributed by atoms with Gasteiger partial charge in [-0.25, -0.2) is 0 Å². The summed E-state index contributed by atoms with van der Waals surface area (Å²) in [7, 11) is 0. The van der Waals surface area contributed by atoms with Crippen molar-refractivity contribution in [3.8, 4) is 17.1 Å². The van der Waals surface area contributed by atoms with Gasteiger partial charge in [0.05, 0.1) is 10.4 Å². The van der Waals surface area contributed by atoms with Crippen molar-refractivity contribution in [3.63, 3.8) is 0 Å². The first-order chi connectivity index (χ1) is 11.5. The summed E-state index contributed by atoms with van der Waals surface area (Å²) in [6.07, 6.45) is 0. The zero-order valence-corrected chi connectivity index (χ0v) is 13.7. The quantitative estimate of drug-likeness (QED) is 0.766. The Kier molecular flexibility index (Phi) is 4.46. The predicted octanol–water partition coefficient (Wildman–Crippen LogP) is 3.63. The van der Waals surface area contributed by atoms with E-state index in [1.54, 1.807) is 24.3 Å². The first-order valence-corrected chi connectivity index (χ1v) is 7.65. The Bertz CT molecular complexity index is 983. The average molecular weight is 364 g/mol. The van der Waals surface area contributed by atoms with Gasteiger partial charge in [-0.1, -0.05) is 53.5 Å². The standard InChI is InChI=1S/C17H11Cl2NO4/c18-10-6-11-14(22)17(23-8-13(20)21)15(9-4-2-1-3-5-9)24-16(11)12(19)7-10/h1-7H,8H2,(H2,20,21). The minimum Gasteiger partial charge on any atom is -0.476 e. The molecule has 0 unspecified atom stereocenters. The van der Waals surface area contributed by atoms with Gasteiger partial charge in [0.25, 0.3) is 5.91 Å². The summed E-state index contributed by atoms with van der Waals surface area (Å²) in [6.45, 7) is -0.454.